The molecule has 4 amide bonds. The lowest BCUT2D eigenvalue weighted by Crippen LogP contribution is -2.51. The van der Waals surface area contributed by atoms with Gasteiger partial charge in [0.05, 0.1) is 27.9 Å². The predicted molar refractivity (Wildman–Crippen MR) is 179 cm³/mol. The molecule has 3 atom stereocenters. The van der Waals surface area contributed by atoms with Gasteiger partial charge in [0.1, 0.15) is 5.60 Å². The van der Waals surface area contributed by atoms with Crippen molar-refractivity contribution in [2.45, 2.75) is 82.9 Å². The zero-order valence-corrected chi connectivity index (χ0v) is 29.2. The standard InChI is InChI=1S/C33H42Cl2N4O7S/c1-32(2,3)46-31(45)39-13-8-19(9-14-39)29(43)36-23-17-33(23,18-25(41)42)37-30(44)20-6-11-38(12-7-20)24(40)5-4-21-16-22-10-15-47-28(22)27(35)26(21)34/h4-5,10,15,19-21,23H,6-9,11-14,16-18H2,1-3H3,(H,36,43)(H,37,44)(H,41,42)/b5-4+/t21?,23-,33?/m1/s1. The number of ether oxygens (including phenoxy) is 1. The number of nitrogens with zero attached hydrogens (tertiary/aromatic N) is 2. The average molecular weight is 710 g/mol. The molecule has 256 valence electrons. The Kier molecular flexibility index (Phi) is 10.6. The van der Waals surface area contributed by atoms with Gasteiger partial charge in [-0.25, -0.2) is 4.79 Å². The third-order valence-corrected chi connectivity index (χ3v) is 11.4. The lowest BCUT2D eigenvalue weighted by molar-refractivity contribution is -0.139. The molecule has 3 fully saturated rings. The topological polar surface area (TPSA) is 145 Å². The van der Waals surface area contributed by atoms with E-state index < -0.39 is 29.2 Å². The number of nitrogens with one attached hydrogen (secondary N) is 2. The fourth-order valence-electron chi connectivity index (χ4n) is 6.54. The van der Waals surface area contributed by atoms with E-state index in [0.717, 1.165) is 10.4 Å². The molecule has 1 aromatic heterocycles. The highest BCUT2D eigenvalue weighted by atomic mass is 35.5. The highest BCUT2D eigenvalue weighted by Gasteiger charge is 2.58. The van der Waals surface area contributed by atoms with E-state index in [2.05, 4.69) is 10.6 Å². The molecule has 0 radical (unpaired) electrons. The lowest BCUT2D eigenvalue weighted by atomic mass is 9.93. The molecule has 2 aliphatic carbocycles. The minimum atomic E-state index is -1.07. The second-order valence-electron chi connectivity index (χ2n) is 13.9. The smallest absolute Gasteiger partial charge is 0.410 e. The maximum absolute atomic E-state index is 13.3. The van der Waals surface area contributed by atoms with Crippen LogP contribution in [-0.4, -0.2) is 88.1 Å². The van der Waals surface area contributed by atoms with Crippen LogP contribution in [0.5, 0.6) is 0 Å². The molecule has 3 N–H and O–H groups in total. The third kappa shape index (κ3) is 8.50. The number of allylic oxidation sites excluding steroid dienone is 2. The van der Waals surface area contributed by atoms with Gasteiger partial charge in [-0.05, 0) is 82.4 Å². The van der Waals surface area contributed by atoms with E-state index in [1.54, 1.807) is 48.0 Å². The van der Waals surface area contributed by atoms with E-state index >= 15 is 0 Å². The summed E-state index contributed by atoms with van der Waals surface area (Å²) in [6, 6.07) is 1.52. The fraction of sp³-hybridized carbons (Fsp3) is 0.606. The molecule has 0 bridgehead atoms. The first-order valence-corrected chi connectivity index (χ1v) is 17.7. The van der Waals surface area contributed by atoms with Gasteiger partial charge in [-0.2, -0.15) is 0 Å². The van der Waals surface area contributed by atoms with Crippen molar-refractivity contribution in [1.82, 2.24) is 20.4 Å². The van der Waals surface area contributed by atoms with Gasteiger partial charge in [0.2, 0.25) is 17.7 Å². The Balaban J connectivity index is 1.08. The number of carbonyl (C=O) groups is 5. The summed E-state index contributed by atoms with van der Waals surface area (Å²) >= 11 is 14.5. The Bertz CT molecular complexity index is 1470. The Labute approximate surface area is 288 Å². The normalized spacial score (nSPS) is 25.4. The van der Waals surface area contributed by atoms with E-state index in [9.17, 15) is 29.1 Å². The summed E-state index contributed by atoms with van der Waals surface area (Å²) < 4.78 is 5.42. The molecule has 11 nitrogen and oxygen atoms in total. The number of likely N-dealkylation sites (tertiary alicyclic amines) is 2. The lowest BCUT2D eigenvalue weighted by Gasteiger charge is -2.33. The number of carboxylic acids is 1. The highest BCUT2D eigenvalue weighted by Crippen LogP contribution is 2.43. The summed E-state index contributed by atoms with van der Waals surface area (Å²) in [5.74, 6) is -2.58. The molecule has 2 unspecified atom stereocenters. The van der Waals surface area contributed by atoms with Crippen LogP contribution in [0, 0.1) is 17.8 Å². The van der Waals surface area contributed by atoms with Gasteiger partial charge in [-0.15, -0.1) is 11.3 Å². The minimum absolute atomic E-state index is 0.162. The van der Waals surface area contributed by atoms with Crippen LogP contribution < -0.4 is 10.6 Å². The van der Waals surface area contributed by atoms with Gasteiger partial charge >= 0.3 is 12.1 Å². The Hall–Kier alpha value is -3.09. The molecule has 3 heterocycles. The average Bonchev–Trinajstić information content (AvgIpc) is 3.42. The Morgan fingerprint density at radius 2 is 1.64 bits per heavy atom. The number of carbonyl (C=O) groups excluding carboxylic acids is 4. The Morgan fingerprint density at radius 1 is 1.02 bits per heavy atom. The van der Waals surface area contributed by atoms with Gasteiger partial charge < -0.3 is 30.3 Å². The van der Waals surface area contributed by atoms with Crippen molar-refractivity contribution < 1.29 is 33.8 Å². The number of fused-ring (bicyclic) bond motifs is 1. The van der Waals surface area contributed by atoms with E-state index in [1.165, 1.54) is 6.08 Å². The third-order valence-electron chi connectivity index (χ3n) is 9.32. The van der Waals surface area contributed by atoms with Crippen molar-refractivity contribution in [3.05, 3.63) is 39.1 Å². The van der Waals surface area contributed by atoms with Crippen molar-refractivity contribution in [3.8, 4) is 0 Å². The largest absolute Gasteiger partial charge is 0.481 e. The second kappa shape index (κ2) is 14.2. The van der Waals surface area contributed by atoms with Crippen LogP contribution in [0.4, 0.5) is 4.79 Å². The molecule has 4 aliphatic rings. The fourth-order valence-corrected chi connectivity index (χ4v) is 8.12. The summed E-state index contributed by atoms with van der Waals surface area (Å²) in [5, 5.41) is 18.5. The molecule has 1 saturated carbocycles. The molecule has 0 aromatic carbocycles. The molecule has 47 heavy (non-hydrogen) atoms. The van der Waals surface area contributed by atoms with Crippen LogP contribution in [0.1, 0.15) is 69.7 Å². The first-order valence-electron chi connectivity index (χ1n) is 16.1. The number of amides is 4. The highest BCUT2D eigenvalue weighted by molar-refractivity contribution is 7.12. The maximum Gasteiger partial charge on any atom is 0.410 e. The van der Waals surface area contributed by atoms with Crippen molar-refractivity contribution in [1.29, 1.82) is 0 Å². The SMILES string of the molecule is CC(C)(C)OC(=O)N1CCC(C(=O)N[C@@H]2CC2(CC(=O)O)NC(=O)C2CCN(C(=O)/C=C/C3Cc4ccsc4C(Cl)=C3Cl)CC2)CC1. The zero-order valence-electron chi connectivity index (χ0n) is 26.9. The molecule has 1 aromatic rings. The predicted octanol–water partition coefficient (Wildman–Crippen LogP) is 4.73. The number of hydrogen-bond donors (Lipinski definition) is 3. The summed E-state index contributed by atoms with van der Waals surface area (Å²) in [6.07, 6.45) is 5.41. The number of carboxylic acid groups (broad SMARTS) is 1. The maximum atomic E-state index is 13.3. The number of thiophene rings is 1. The van der Waals surface area contributed by atoms with Crippen LogP contribution in [0.15, 0.2) is 28.6 Å². The first-order chi connectivity index (χ1) is 22.2. The van der Waals surface area contributed by atoms with Crippen molar-refractivity contribution in [2.75, 3.05) is 26.2 Å². The zero-order chi connectivity index (χ0) is 34.1. The van der Waals surface area contributed by atoms with E-state index in [1.807, 2.05) is 11.4 Å². The van der Waals surface area contributed by atoms with Crippen LogP contribution in [0.2, 0.25) is 0 Å². The number of halogens is 2. The van der Waals surface area contributed by atoms with Crippen LogP contribution in [-0.2, 0) is 30.3 Å². The monoisotopic (exact) mass is 708 g/mol. The summed E-state index contributed by atoms with van der Waals surface area (Å²) in [6.45, 7) is 6.96. The van der Waals surface area contributed by atoms with E-state index in [4.69, 9.17) is 27.9 Å². The van der Waals surface area contributed by atoms with Crippen molar-refractivity contribution >= 4 is 69.4 Å². The van der Waals surface area contributed by atoms with Crippen molar-refractivity contribution in [3.63, 3.8) is 0 Å². The summed E-state index contributed by atoms with van der Waals surface area (Å²) in [7, 11) is 0. The summed E-state index contributed by atoms with van der Waals surface area (Å²) in [5.41, 5.74) is -0.549. The van der Waals surface area contributed by atoms with Crippen LogP contribution in [0.25, 0.3) is 5.03 Å². The quantitative estimate of drug-likeness (QED) is 0.331. The second-order valence-corrected chi connectivity index (χ2v) is 15.6. The van der Waals surface area contributed by atoms with E-state index in [0.29, 0.717) is 74.8 Å². The first kappa shape index (κ1) is 35.2. The molecule has 5 rings (SSSR count). The van der Waals surface area contributed by atoms with Gasteiger partial charge in [-0.1, -0.05) is 29.3 Å². The molecule has 0 spiro atoms. The van der Waals surface area contributed by atoms with Gasteiger partial charge in [-0.3, -0.25) is 19.2 Å². The summed E-state index contributed by atoms with van der Waals surface area (Å²) in [4.78, 5) is 67.7. The van der Waals surface area contributed by atoms with E-state index in [-0.39, 0.29) is 41.9 Å². The van der Waals surface area contributed by atoms with Gasteiger partial charge in [0.25, 0.3) is 0 Å². The van der Waals surface area contributed by atoms with Gasteiger partial charge in [0.15, 0.2) is 0 Å². The van der Waals surface area contributed by atoms with Crippen molar-refractivity contribution in [2.24, 2.45) is 17.8 Å². The number of rotatable bonds is 8. The molecule has 14 heteroatoms. The molecule has 2 aliphatic heterocycles. The molecule has 2 saturated heterocycles. The number of piperidine rings is 2. The van der Waals surface area contributed by atoms with Crippen LogP contribution >= 0.6 is 34.5 Å². The molecular weight excluding hydrogens is 667 g/mol. The minimum Gasteiger partial charge on any atom is -0.481 e. The number of hydrogen-bond acceptors (Lipinski definition) is 7. The Morgan fingerprint density at radius 3 is 2.26 bits per heavy atom. The number of aliphatic carboxylic acids is 1. The van der Waals surface area contributed by atoms with Gasteiger partial charge in [0, 0.05) is 49.0 Å². The molecular formula is C33H42Cl2N4O7S. The van der Waals surface area contributed by atoms with Crippen LogP contribution in [0.3, 0.4) is 0 Å².